The highest BCUT2D eigenvalue weighted by molar-refractivity contribution is 9.10. The Balaban J connectivity index is 2.62. The highest BCUT2D eigenvalue weighted by Gasteiger charge is 2.16. The van der Waals surface area contributed by atoms with Gasteiger partial charge in [-0.15, -0.1) is 0 Å². The first-order chi connectivity index (χ1) is 6.16. The molecule has 0 aliphatic carbocycles. The van der Waals surface area contributed by atoms with E-state index in [0.29, 0.717) is 5.58 Å². The van der Waals surface area contributed by atoms with Gasteiger partial charge >= 0.3 is 7.12 Å². The Hall–Kier alpha value is -0.775. The van der Waals surface area contributed by atoms with Crippen molar-refractivity contribution in [2.75, 3.05) is 0 Å². The number of benzene rings is 1. The number of furan rings is 1. The summed E-state index contributed by atoms with van der Waals surface area (Å²) in [4.78, 5) is 0. The fourth-order valence-electron chi connectivity index (χ4n) is 1.16. The molecule has 0 spiro atoms. The standard InChI is InChI=1S/C8H6BBrO3/c10-6-1-2-7-5(3-6)4-8(13-7)9(11)12/h1-4,11-12H. The molecular weight excluding hydrogens is 235 g/mol. The molecule has 66 valence electrons. The lowest BCUT2D eigenvalue weighted by Gasteiger charge is -1.89. The van der Waals surface area contributed by atoms with Crippen LogP contribution in [-0.4, -0.2) is 17.2 Å². The third kappa shape index (κ3) is 1.63. The van der Waals surface area contributed by atoms with E-state index in [4.69, 9.17) is 14.5 Å². The van der Waals surface area contributed by atoms with Crippen LogP contribution in [0.4, 0.5) is 0 Å². The lowest BCUT2D eigenvalue weighted by atomic mass is 9.88. The summed E-state index contributed by atoms with van der Waals surface area (Å²) < 4.78 is 6.09. The van der Waals surface area contributed by atoms with Crippen molar-refractivity contribution in [2.45, 2.75) is 0 Å². The summed E-state index contributed by atoms with van der Waals surface area (Å²) in [5.41, 5.74) is 0.805. The van der Waals surface area contributed by atoms with Gasteiger partial charge in [0.1, 0.15) is 11.2 Å². The fraction of sp³-hybridized carbons (Fsp3) is 0. The first kappa shape index (κ1) is 8.81. The van der Waals surface area contributed by atoms with Gasteiger partial charge in [0.15, 0.2) is 0 Å². The number of fused-ring (bicyclic) bond motifs is 1. The second-order valence-corrected chi connectivity index (χ2v) is 3.62. The molecule has 0 radical (unpaired) electrons. The molecule has 0 bridgehead atoms. The van der Waals surface area contributed by atoms with Crippen molar-refractivity contribution in [2.24, 2.45) is 0 Å². The molecule has 0 aliphatic rings. The smallest absolute Gasteiger partial charge is 0.465 e. The van der Waals surface area contributed by atoms with Gasteiger partial charge in [-0.2, -0.15) is 0 Å². The van der Waals surface area contributed by atoms with E-state index >= 15 is 0 Å². The van der Waals surface area contributed by atoms with Crippen LogP contribution in [-0.2, 0) is 0 Å². The SMILES string of the molecule is OB(O)c1cc2cc(Br)ccc2o1. The van der Waals surface area contributed by atoms with E-state index in [-0.39, 0.29) is 5.66 Å². The maximum absolute atomic E-state index is 8.84. The summed E-state index contributed by atoms with van der Waals surface area (Å²) in [6.07, 6.45) is 0. The Labute approximate surface area is 83.3 Å². The summed E-state index contributed by atoms with van der Waals surface area (Å²) in [5, 5.41) is 18.5. The quantitative estimate of drug-likeness (QED) is 0.728. The highest BCUT2D eigenvalue weighted by atomic mass is 79.9. The van der Waals surface area contributed by atoms with E-state index in [2.05, 4.69) is 15.9 Å². The van der Waals surface area contributed by atoms with Crippen LogP contribution in [0.2, 0.25) is 0 Å². The van der Waals surface area contributed by atoms with E-state index in [1.807, 2.05) is 12.1 Å². The first-order valence-corrected chi connectivity index (χ1v) is 4.51. The summed E-state index contributed by atoms with van der Waals surface area (Å²) in [6.45, 7) is 0. The van der Waals surface area contributed by atoms with E-state index in [1.165, 1.54) is 0 Å². The number of halogens is 1. The first-order valence-electron chi connectivity index (χ1n) is 3.72. The molecule has 2 rings (SSSR count). The van der Waals surface area contributed by atoms with Crippen molar-refractivity contribution in [3.8, 4) is 0 Å². The molecular formula is C8H6BBrO3. The summed E-state index contributed by atoms with van der Waals surface area (Å²) >= 11 is 3.31. The van der Waals surface area contributed by atoms with Gasteiger partial charge < -0.3 is 14.5 Å². The van der Waals surface area contributed by atoms with Crippen LogP contribution in [0, 0.1) is 0 Å². The molecule has 2 aromatic rings. The lowest BCUT2D eigenvalue weighted by Crippen LogP contribution is -2.27. The maximum Gasteiger partial charge on any atom is 0.526 e. The Morgan fingerprint density at radius 1 is 1.23 bits per heavy atom. The fourth-order valence-corrected chi connectivity index (χ4v) is 1.54. The van der Waals surface area contributed by atoms with Crippen molar-refractivity contribution < 1.29 is 14.5 Å². The predicted octanol–water partition coefficient (Wildman–Crippen LogP) is 0.875. The van der Waals surface area contributed by atoms with Crippen molar-refractivity contribution in [1.82, 2.24) is 0 Å². The zero-order valence-corrected chi connectivity index (χ0v) is 8.15. The predicted molar refractivity (Wildman–Crippen MR) is 53.7 cm³/mol. The van der Waals surface area contributed by atoms with E-state index < -0.39 is 7.12 Å². The molecule has 0 saturated heterocycles. The van der Waals surface area contributed by atoms with Crippen LogP contribution in [0.25, 0.3) is 11.0 Å². The molecule has 2 N–H and O–H groups in total. The van der Waals surface area contributed by atoms with Gasteiger partial charge in [0, 0.05) is 9.86 Å². The van der Waals surface area contributed by atoms with Crippen LogP contribution >= 0.6 is 15.9 Å². The molecule has 1 aromatic carbocycles. The maximum atomic E-state index is 8.84. The summed E-state index contributed by atoms with van der Waals surface area (Å²) in [6, 6.07) is 7.06. The molecule has 0 unspecified atom stereocenters. The highest BCUT2D eigenvalue weighted by Crippen LogP contribution is 2.19. The van der Waals surface area contributed by atoms with Crippen molar-refractivity contribution >= 4 is 39.7 Å². The minimum Gasteiger partial charge on any atom is -0.465 e. The van der Waals surface area contributed by atoms with Crippen molar-refractivity contribution in [3.05, 3.63) is 28.7 Å². The topological polar surface area (TPSA) is 53.6 Å². The Bertz CT molecular complexity index is 438. The van der Waals surface area contributed by atoms with Crippen molar-refractivity contribution in [1.29, 1.82) is 0 Å². The van der Waals surface area contributed by atoms with Gasteiger partial charge in [-0.1, -0.05) is 15.9 Å². The second kappa shape index (κ2) is 3.18. The van der Waals surface area contributed by atoms with Crippen LogP contribution in [0.15, 0.2) is 33.2 Å². The number of hydrogen-bond acceptors (Lipinski definition) is 3. The minimum atomic E-state index is -1.55. The largest absolute Gasteiger partial charge is 0.526 e. The van der Waals surface area contributed by atoms with Gasteiger partial charge in [0.25, 0.3) is 0 Å². The Kier molecular flexibility index (Phi) is 2.15. The van der Waals surface area contributed by atoms with Crippen LogP contribution in [0.1, 0.15) is 0 Å². The average Bonchev–Trinajstić information content (AvgIpc) is 2.46. The van der Waals surface area contributed by atoms with Gasteiger partial charge in [-0.05, 0) is 24.3 Å². The number of rotatable bonds is 1. The van der Waals surface area contributed by atoms with Gasteiger partial charge in [-0.3, -0.25) is 0 Å². The van der Waals surface area contributed by atoms with Crippen LogP contribution in [0.3, 0.4) is 0 Å². The summed E-state index contributed by atoms with van der Waals surface area (Å²) in [5.74, 6) is 0. The van der Waals surface area contributed by atoms with Crippen molar-refractivity contribution in [3.63, 3.8) is 0 Å². The van der Waals surface area contributed by atoms with Crippen LogP contribution < -0.4 is 5.66 Å². The normalized spacial score (nSPS) is 10.7. The third-order valence-corrected chi connectivity index (χ3v) is 2.25. The Morgan fingerprint density at radius 2 is 2.00 bits per heavy atom. The third-order valence-electron chi connectivity index (χ3n) is 1.75. The van der Waals surface area contributed by atoms with Gasteiger partial charge in [0.2, 0.25) is 0 Å². The molecule has 5 heteroatoms. The molecule has 0 saturated carbocycles. The molecule has 3 nitrogen and oxygen atoms in total. The molecule has 1 heterocycles. The number of hydrogen-bond donors (Lipinski definition) is 2. The monoisotopic (exact) mass is 240 g/mol. The zero-order chi connectivity index (χ0) is 9.42. The van der Waals surface area contributed by atoms with E-state index in [0.717, 1.165) is 9.86 Å². The van der Waals surface area contributed by atoms with Gasteiger partial charge in [-0.25, -0.2) is 0 Å². The minimum absolute atomic E-state index is 0.160. The lowest BCUT2D eigenvalue weighted by molar-refractivity contribution is 0.412. The molecule has 0 atom stereocenters. The molecule has 13 heavy (non-hydrogen) atoms. The summed E-state index contributed by atoms with van der Waals surface area (Å²) in [7, 11) is -1.55. The average molecular weight is 241 g/mol. The van der Waals surface area contributed by atoms with Gasteiger partial charge in [0.05, 0.1) is 0 Å². The molecule has 0 amide bonds. The zero-order valence-electron chi connectivity index (χ0n) is 6.57. The van der Waals surface area contributed by atoms with Crippen LogP contribution in [0.5, 0.6) is 0 Å². The molecule has 1 aromatic heterocycles. The van der Waals surface area contributed by atoms with E-state index in [9.17, 15) is 0 Å². The second-order valence-electron chi connectivity index (χ2n) is 2.70. The Morgan fingerprint density at radius 3 is 2.69 bits per heavy atom. The molecule has 0 aliphatic heterocycles. The van der Waals surface area contributed by atoms with E-state index in [1.54, 1.807) is 12.1 Å². The molecule has 0 fully saturated rings.